The molecule has 0 atom stereocenters. The van der Waals surface area contributed by atoms with Gasteiger partial charge in [0.05, 0.1) is 12.8 Å². The van der Waals surface area contributed by atoms with Crippen LogP contribution in [0.25, 0.3) is 16.4 Å². The Morgan fingerprint density at radius 2 is 2.00 bits per heavy atom. The molecule has 2 aromatic carbocycles. The van der Waals surface area contributed by atoms with Gasteiger partial charge in [-0.2, -0.15) is 9.62 Å². The SMILES string of the molecule is COc1cc(/C(C)=N/Nc2nn3cnnc3c3ccccc23)ccc1O. The number of methoxy groups -OCH3 is 1. The summed E-state index contributed by atoms with van der Waals surface area (Å²) in [5.74, 6) is 1.08. The zero-order valence-electron chi connectivity index (χ0n) is 14.2. The second kappa shape index (κ2) is 6.32. The van der Waals surface area contributed by atoms with Gasteiger partial charge in [0.15, 0.2) is 23.0 Å². The van der Waals surface area contributed by atoms with Crippen LogP contribution in [-0.2, 0) is 0 Å². The lowest BCUT2D eigenvalue weighted by Gasteiger charge is -2.09. The number of ether oxygens (including phenoxy) is 1. The van der Waals surface area contributed by atoms with Crippen molar-refractivity contribution < 1.29 is 9.84 Å². The Kier molecular flexibility index (Phi) is 3.85. The van der Waals surface area contributed by atoms with Gasteiger partial charge in [0.1, 0.15) is 6.33 Å². The van der Waals surface area contributed by atoms with Crippen LogP contribution in [0.5, 0.6) is 11.5 Å². The van der Waals surface area contributed by atoms with Gasteiger partial charge in [0, 0.05) is 16.3 Å². The van der Waals surface area contributed by atoms with Gasteiger partial charge in [-0.25, -0.2) is 0 Å². The van der Waals surface area contributed by atoms with Gasteiger partial charge >= 0.3 is 0 Å². The Morgan fingerprint density at radius 3 is 2.81 bits per heavy atom. The van der Waals surface area contributed by atoms with Crippen LogP contribution in [0.15, 0.2) is 53.9 Å². The Labute approximate surface area is 148 Å². The second-order valence-electron chi connectivity index (χ2n) is 5.69. The van der Waals surface area contributed by atoms with Crippen LogP contribution in [0, 0.1) is 0 Å². The Morgan fingerprint density at radius 1 is 1.19 bits per heavy atom. The number of phenols is 1. The molecule has 130 valence electrons. The first kappa shape index (κ1) is 15.8. The third-order valence-corrected chi connectivity index (χ3v) is 4.09. The Bertz CT molecular complexity index is 1140. The van der Waals surface area contributed by atoms with E-state index < -0.39 is 0 Å². The predicted octanol–water partition coefficient (Wildman–Crippen LogP) is 2.83. The van der Waals surface area contributed by atoms with Crippen molar-refractivity contribution in [2.24, 2.45) is 5.10 Å². The van der Waals surface area contributed by atoms with Crippen LogP contribution in [0.3, 0.4) is 0 Å². The number of anilines is 1. The minimum Gasteiger partial charge on any atom is -0.504 e. The number of benzene rings is 2. The highest BCUT2D eigenvalue weighted by Gasteiger charge is 2.10. The van der Waals surface area contributed by atoms with Crippen molar-refractivity contribution >= 4 is 27.9 Å². The smallest absolute Gasteiger partial charge is 0.185 e. The number of fused-ring (bicyclic) bond motifs is 3. The average molecular weight is 348 g/mol. The Hall–Kier alpha value is -3.68. The Balaban J connectivity index is 1.73. The molecule has 8 nitrogen and oxygen atoms in total. The molecule has 4 rings (SSSR count). The monoisotopic (exact) mass is 348 g/mol. The van der Waals surface area contributed by atoms with Crippen molar-refractivity contribution in [2.75, 3.05) is 12.5 Å². The van der Waals surface area contributed by atoms with Crippen LogP contribution >= 0.6 is 0 Å². The van der Waals surface area contributed by atoms with Crippen LogP contribution in [0.4, 0.5) is 5.82 Å². The number of hydrogen-bond acceptors (Lipinski definition) is 7. The molecule has 26 heavy (non-hydrogen) atoms. The van der Waals surface area contributed by atoms with Gasteiger partial charge in [-0.05, 0) is 25.1 Å². The van der Waals surface area contributed by atoms with Crippen molar-refractivity contribution in [3.05, 3.63) is 54.4 Å². The third kappa shape index (κ3) is 2.67. The molecule has 0 aliphatic heterocycles. The van der Waals surface area contributed by atoms with E-state index in [1.54, 1.807) is 29.0 Å². The zero-order chi connectivity index (χ0) is 18.1. The molecule has 0 radical (unpaired) electrons. The molecule has 0 fully saturated rings. The topological polar surface area (TPSA) is 96.9 Å². The molecule has 0 aliphatic carbocycles. The molecule has 0 amide bonds. The molecule has 2 aromatic heterocycles. The first-order valence-corrected chi connectivity index (χ1v) is 7.94. The first-order chi connectivity index (χ1) is 12.7. The van der Waals surface area contributed by atoms with Crippen molar-refractivity contribution in [1.29, 1.82) is 0 Å². The number of hydrazone groups is 1. The molecule has 4 aromatic rings. The van der Waals surface area contributed by atoms with Gasteiger partial charge in [-0.1, -0.05) is 24.3 Å². The van der Waals surface area contributed by atoms with E-state index in [1.165, 1.54) is 7.11 Å². The van der Waals surface area contributed by atoms with Crippen LogP contribution < -0.4 is 10.2 Å². The molecule has 0 spiro atoms. The highest BCUT2D eigenvalue weighted by atomic mass is 16.5. The summed E-state index contributed by atoms with van der Waals surface area (Å²) in [7, 11) is 1.51. The summed E-state index contributed by atoms with van der Waals surface area (Å²) in [4.78, 5) is 0. The minimum atomic E-state index is 0.0859. The number of phenolic OH excluding ortho intramolecular Hbond substituents is 1. The summed E-state index contributed by atoms with van der Waals surface area (Å²) in [6, 6.07) is 12.9. The summed E-state index contributed by atoms with van der Waals surface area (Å²) in [6.45, 7) is 1.86. The number of rotatable bonds is 4. The maximum atomic E-state index is 9.72. The molecule has 0 unspecified atom stereocenters. The second-order valence-corrected chi connectivity index (χ2v) is 5.69. The lowest BCUT2D eigenvalue weighted by molar-refractivity contribution is 0.373. The van der Waals surface area contributed by atoms with Crippen LogP contribution in [-0.4, -0.2) is 37.7 Å². The van der Waals surface area contributed by atoms with E-state index in [2.05, 4.69) is 25.8 Å². The molecule has 0 saturated carbocycles. The van der Waals surface area contributed by atoms with E-state index in [4.69, 9.17) is 4.74 Å². The molecule has 0 bridgehead atoms. The van der Waals surface area contributed by atoms with Crippen LogP contribution in [0.1, 0.15) is 12.5 Å². The predicted molar refractivity (Wildman–Crippen MR) is 98.8 cm³/mol. The summed E-state index contributed by atoms with van der Waals surface area (Å²) < 4.78 is 6.75. The van der Waals surface area contributed by atoms with Crippen molar-refractivity contribution in [3.8, 4) is 11.5 Å². The maximum absolute atomic E-state index is 9.72. The highest BCUT2D eigenvalue weighted by molar-refractivity contribution is 6.02. The standard InChI is InChI=1S/C18H16N6O2/c1-11(12-7-8-15(25)16(9-12)26-2)20-21-17-13-5-3-4-6-14(13)18-22-19-10-24(18)23-17/h3-10,25H,1-2H3,(H,21,23)/b20-11+. The molecular formula is C18H16N6O2. The van der Waals surface area contributed by atoms with E-state index in [-0.39, 0.29) is 5.75 Å². The largest absolute Gasteiger partial charge is 0.504 e. The van der Waals surface area contributed by atoms with Gasteiger partial charge in [-0.3, -0.25) is 5.43 Å². The van der Waals surface area contributed by atoms with Gasteiger partial charge in [0.2, 0.25) is 0 Å². The van der Waals surface area contributed by atoms with E-state index in [9.17, 15) is 5.11 Å². The van der Waals surface area contributed by atoms with Crippen molar-refractivity contribution in [2.45, 2.75) is 6.92 Å². The fourth-order valence-electron chi connectivity index (χ4n) is 2.71. The molecular weight excluding hydrogens is 332 g/mol. The third-order valence-electron chi connectivity index (χ3n) is 4.09. The van der Waals surface area contributed by atoms with Gasteiger partial charge in [-0.15, -0.1) is 15.3 Å². The molecule has 2 N–H and O–H groups in total. The van der Waals surface area contributed by atoms with Crippen molar-refractivity contribution in [1.82, 2.24) is 19.8 Å². The van der Waals surface area contributed by atoms with E-state index >= 15 is 0 Å². The number of aromatic hydroxyl groups is 1. The summed E-state index contributed by atoms with van der Waals surface area (Å²) in [6.07, 6.45) is 1.55. The zero-order valence-corrected chi connectivity index (χ0v) is 14.2. The number of hydrogen-bond donors (Lipinski definition) is 2. The number of aromatic nitrogens is 4. The van der Waals surface area contributed by atoms with E-state index in [1.807, 2.05) is 31.2 Å². The lowest BCUT2D eigenvalue weighted by atomic mass is 10.1. The molecule has 0 saturated heterocycles. The number of nitrogens with one attached hydrogen (secondary N) is 1. The minimum absolute atomic E-state index is 0.0859. The van der Waals surface area contributed by atoms with Gasteiger partial charge in [0.25, 0.3) is 0 Å². The average Bonchev–Trinajstić information content (AvgIpc) is 3.15. The van der Waals surface area contributed by atoms with E-state index in [0.717, 1.165) is 22.0 Å². The first-order valence-electron chi connectivity index (χ1n) is 7.94. The summed E-state index contributed by atoms with van der Waals surface area (Å²) in [5, 5.41) is 28.5. The molecule has 0 aliphatic rings. The van der Waals surface area contributed by atoms with E-state index in [0.29, 0.717) is 17.2 Å². The maximum Gasteiger partial charge on any atom is 0.185 e. The molecule has 2 heterocycles. The fourth-order valence-corrected chi connectivity index (χ4v) is 2.71. The fraction of sp³-hybridized carbons (Fsp3) is 0.111. The summed E-state index contributed by atoms with van der Waals surface area (Å²) in [5.41, 5.74) is 5.25. The van der Waals surface area contributed by atoms with Crippen molar-refractivity contribution in [3.63, 3.8) is 0 Å². The number of nitrogens with zero attached hydrogens (tertiary/aromatic N) is 5. The normalized spacial score (nSPS) is 11.8. The molecule has 8 heteroatoms. The quantitative estimate of drug-likeness (QED) is 0.435. The van der Waals surface area contributed by atoms with Crippen LogP contribution in [0.2, 0.25) is 0 Å². The van der Waals surface area contributed by atoms with Gasteiger partial charge < -0.3 is 9.84 Å². The highest BCUT2D eigenvalue weighted by Crippen LogP contribution is 2.27. The summed E-state index contributed by atoms with van der Waals surface area (Å²) >= 11 is 0. The lowest BCUT2D eigenvalue weighted by Crippen LogP contribution is -2.04.